The van der Waals surface area contributed by atoms with Crippen LogP contribution in [0.2, 0.25) is 0 Å². The average Bonchev–Trinajstić information content (AvgIpc) is 3.65. The highest BCUT2D eigenvalue weighted by Gasteiger charge is 2.59. The summed E-state index contributed by atoms with van der Waals surface area (Å²) < 4.78 is 5.59. The lowest BCUT2D eigenvalue weighted by Crippen LogP contribution is -2.61. The maximum Gasteiger partial charge on any atom is 0.266 e. The van der Waals surface area contributed by atoms with E-state index in [1.165, 1.54) is 97.1 Å². The molecule has 2 heterocycles. The van der Waals surface area contributed by atoms with Gasteiger partial charge in [-0.2, -0.15) is 4.57 Å². The van der Waals surface area contributed by atoms with E-state index in [2.05, 4.69) is 102 Å². The van der Waals surface area contributed by atoms with E-state index in [0.29, 0.717) is 11.8 Å². The largest absolute Gasteiger partial charge is 0.266 e. The first kappa shape index (κ1) is 23.0. The Morgan fingerprint density at radius 3 is 2.11 bits per heavy atom. The van der Waals surface area contributed by atoms with Crippen LogP contribution in [0.1, 0.15) is 91.9 Å². The lowest BCUT2D eigenvalue weighted by Gasteiger charge is -2.37. The molecule has 3 aliphatic rings. The topological polar surface area (TPSA) is 8.81 Å². The van der Waals surface area contributed by atoms with Crippen LogP contribution in [0, 0.1) is 19.8 Å². The molecule has 0 radical (unpaired) electrons. The van der Waals surface area contributed by atoms with Crippen LogP contribution in [0.3, 0.4) is 0 Å². The van der Waals surface area contributed by atoms with Gasteiger partial charge in [0.25, 0.3) is 5.82 Å². The Morgan fingerprint density at radius 2 is 1.35 bits per heavy atom. The third kappa shape index (κ3) is 3.27. The number of hydrogen-bond donors (Lipinski definition) is 0. The van der Waals surface area contributed by atoms with Crippen molar-refractivity contribution in [3.05, 3.63) is 107 Å². The van der Waals surface area contributed by atoms with Gasteiger partial charge < -0.3 is 0 Å². The monoisotopic (exact) mass is 487 g/mol. The van der Waals surface area contributed by atoms with Gasteiger partial charge in [-0.1, -0.05) is 105 Å². The minimum atomic E-state index is -0.144. The fourth-order valence-corrected chi connectivity index (χ4v) is 8.27. The molecule has 188 valence electrons. The number of aryl methyl sites for hydroxylation is 1. The quantitative estimate of drug-likeness (QED) is 0.256. The average molecular weight is 488 g/mol. The van der Waals surface area contributed by atoms with Crippen LogP contribution >= 0.6 is 0 Å². The maximum atomic E-state index is 2.90. The Balaban J connectivity index is 1.64. The summed E-state index contributed by atoms with van der Waals surface area (Å²) in [4.78, 5) is 0. The Morgan fingerprint density at radius 1 is 0.703 bits per heavy atom. The first-order valence-electron chi connectivity index (χ1n) is 14.6. The van der Waals surface area contributed by atoms with Crippen molar-refractivity contribution in [2.24, 2.45) is 5.92 Å². The van der Waals surface area contributed by atoms with Crippen LogP contribution < -0.4 is 4.57 Å². The van der Waals surface area contributed by atoms with Gasteiger partial charge in [-0.05, 0) is 44.2 Å². The summed E-state index contributed by atoms with van der Waals surface area (Å²) in [5.41, 5.74) is 9.87. The molecule has 0 amide bonds. The molecule has 0 N–H and O–H groups in total. The van der Waals surface area contributed by atoms with Gasteiger partial charge in [-0.3, -0.25) is 0 Å². The highest BCUT2D eigenvalue weighted by atomic mass is 15.3. The van der Waals surface area contributed by atoms with Crippen LogP contribution in [-0.4, -0.2) is 4.57 Å². The van der Waals surface area contributed by atoms with E-state index in [1.54, 1.807) is 5.82 Å². The van der Waals surface area contributed by atoms with Gasteiger partial charge in [-0.25, -0.2) is 4.57 Å². The lowest BCUT2D eigenvalue weighted by molar-refractivity contribution is -0.744. The number of para-hydroxylation sites is 1. The molecular formula is C35H39N2+. The van der Waals surface area contributed by atoms with Crippen LogP contribution in [0.25, 0.3) is 16.9 Å². The van der Waals surface area contributed by atoms with Crippen molar-refractivity contribution in [2.75, 3.05) is 0 Å². The minimum absolute atomic E-state index is 0.144. The molecule has 0 saturated heterocycles. The second-order valence-corrected chi connectivity index (χ2v) is 11.7. The second kappa shape index (κ2) is 9.01. The molecule has 7 rings (SSSR count). The van der Waals surface area contributed by atoms with E-state index in [4.69, 9.17) is 0 Å². The summed E-state index contributed by atoms with van der Waals surface area (Å²) in [5.74, 6) is 2.74. The molecule has 1 atom stereocenters. The van der Waals surface area contributed by atoms with Crippen molar-refractivity contribution in [3.63, 3.8) is 0 Å². The normalized spacial score (nSPS) is 21.8. The van der Waals surface area contributed by atoms with Crippen molar-refractivity contribution in [2.45, 2.75) is 83.1 Å². The smallest absolute Gasteiger partial charge is 0.212 e. The highest BCUT2D eigenvalue weighted by molar-refractivity contribution is 5.71. The molecule has 3 aromatic carbocycles. The number of hydrogen-bond acceptors (Lipinski definition) is 0. The standard InChI is InChI=1S/C35H39N2/c1-25-15-9-14-24-32(25)36-26(2)33-30-22-12-13-23-31(30)35(29-20-10-11-21-29,28-18-7-4-8-19-28)37(33)34(36)27-16-5-3-6-17-27/h4,7-9,12-15,18-19,22-24,27,29H,3,5-6,10-11,16-17,20-21H2,1-2H3/q+1. The lowest BCUT2D eigenvalue weighted by atomic mass is 9.72. The summed E-state index contributed by atoms with van der Waals surface area (Å²) in [5, 5.41) is 0. The molecular weight excluding hydrogens is 448 g/mol. The predicted octanol–water partition coefficient (Wildman–Crippen LogP) is 8.39. The molecule has 2 heteroatoms. The predicted molar refractivity (Wildman–Crippen MR) is 151 cm³/mol. The van der Waals surface area contributed by atoms with E-state index in [9.17, 15) is 0 Å². The number of imidazole rings is 1. The Hall–Kier alpha value is -3.13. The number of fused-ring (bicyclic) bond motifs is 3. The highest BCUT2D eigenvalue weighted by Crippen LogP contribution is 2.54. The van der Waals surface area contributed by atoms with Crippen molar-refractivity contribution < 1.29 is 4.57 Å². The van der Waals surface area contributed by atoms with Gasteiger partial charge in [0.15, 0.2) is 16.9 Å². The Bertz CT molecular complexity index is 1430. The molecule has 2 aliphatic carbocycles. The van der Waals surface area contributed by atoms with Gasteiger partial charge >= 0.3 is 0 Å². The van der Waals surface area contributed by atoms with Gasteiger partial charge in [0.1, 0.15) is 5.69 Å². The molecule has 2 fully saturated rings. The van der Waals surface area contributed by atoms with Gasteiger partial charge in [0, 0.05) is 29.5 Å². The third-order valence-electron chi connectivity index (χ3n) is 9.79. The molecule has 0 bridgehead atoms. The zero-order valence-corrected chi connectivity index (χ0v) is 22.4. The summed E-state index contributed by atoms with van der Waals surface area (Å²) >= 11 is 0. The molecule has 37 heavy (non-hydrogen) atoms. The van der Waals surface area contributed by atoms with Crippen molar-refractivity contribution in [3.8, 4) is 16.9 Å². The summed E-state index contributed by atoms with van der Waals surface area (Å²) in [6, 6.07) is 30.0. The fourth-order valence-electron chi connectivity index (χ4n) is 8.27. The van der Waals surface area contributed by atoms with Crippen molar-refractivity contribution >= 4 is 0 Å². The Labute approximate surface area is 222 Å². The van der Waals surface area contributed by atoms with E-state index < -0.39 is 0 Å². The SMILES string of the molecule is Cc1ccccc1-n1c(C)c2[n+](c1C1CCCCC1)C(c1ccccc1)(C1CCCC1)c1ccccc1-2. The molecule has 1 aromatic heterocycles. The molecule has 1 aliphatic heterocycles. The second-order valence-electron chi connectivity index (χ2n) is 11.7. The van der Waals surface area contributed by atoms with Crippen molar-refractivity contribution in [1.29, 1.82) is 0 Å². The number of rotatable bonds is 4. The summed E-state index contributed by atoms with van der Waals surface area (Å²) in [6.45, 7) is 4.67. The van der Waals surface area contributed by atoms with Crippen LogP contribution in [0.5, 0.6) is 0 Å². The number of benzene rings is 3. The number of aromatic nitrogens is 2. The third-order valence-corrected chi connectivity index (χ3v) is 9.79. The number of nitrogens with zero attached hydrogens (tertiary/aromatic N) is 2. The summed E-state index contributed by atoms with van der Waals surface area (Å²) in [6.07, 6.45) is 11.9. The van der Waals surface area contributed by atoms with Gasteiger partial charge in [0.2, 0.25) is 0 Å². The molecule has 2 nitrogen and oxygen atoms in total. The summed E-state index contributed by atoms with van der Waals surface area (Å²) in [7, 11) is 0. The zero-order chi connectivity index (χ0) is 25.0. The zero-order valence-electron chi connectivity index (χ0n) is 22.4. The van der Waals surface area contributed by atoms with Gasteiger partial charge in [-0.15, -0.1) is 0 Å². The Kier molecular flexibility index (Phi) is 5.61. The first-order chi connectivity index (χ1) is 18.2. The molecule has 2 saturated carbocycles. The van der Waals surface area contributed by atoms with E-state index in [0.717, 1.165) is 0 Å². The fraction of sp³-hybridized carbons (Fsp3) is 0.400. The first-order valence-corrected chi connectivity index (χ1v) is 14.6. The van der Waals surface area contributed by atoms with Crippen LogP contribution in [-0.2, 0) is 5.54 Å². The molecule has 0 spiro atoms. The van der Waals surface area contributed by atoms with E-state index in [-0.39, 0.29) is 5.54 Å². The molecule has 1 unspecified atom stereocenters. The minimum Gasteiger partial charge on any atom is -0.212 e. The maximum absolute atomic E-state index is 2.90. The van der Waals surface area contributed by atoms with Gasteiger partial charge in [0.05, 0.1) is 5.92 Å². The molecule has 4 aromatic rings. The van der Waals surface area contributed by atoms with Crippen LogP contribution in [0.4, 0.5) is 0 Å². The van der Waals surface area contributed by atoms with Crippen LogP contribution in [0.15, 0.2) is 78.9 Å². The van der Waals surface area contributed by atoms with E-state index in [1.807, 2.05) is 0 Å². The van der Waals surface area contributed by atoms with E-state index >= 15 is 0 Å². The van der Waals surface area contributed by atoms with Crippen molar-refractivity contribution in [1.82, 2.24) is 4.57 Å².